The Kier molecular flexibility index (Phi) is 11.1. The van der Waals surface area contributed by atoms with Gasteiger partial charge in [-0.05, 0) is 107 Å². The highest BCUT2D eigenvalue weighted by Gasteiger charge is 2.71. The van der Waals surface area contributed by atoms with Crippen LogP contribution in [0.1, 0.15) is 105 Å². The summed E-state index contributed by atoms with van der Waals surface area (Å²) in [4.78, 5) is 11.9. The van der Waals surface area contributed by atoms with Crippen LogP contribution in [0.25, 0.3) is 0 Å². The van der Waals surface area contributed by atoms with Gasteiger partial charge in [-0.1, -0.05) is 13.8 Å². The summed E-state index contributed by atoms with van der Waals surface area (Å²) >= 11 is 0. The van der Waals surface area contributed by atoms with Gasteiger partial charge in [0.2, 0.25) is 0 Å². The molecule has 4 aliphatic heterocycles. The van der Waals surface area contributed by atoms with Crippen LogP contribution >= 0.6 is 0 Å². The lowest BCUT2D eigenvalue weighted by molar-refractivity contribution is -0.336. The van der Waals surface area contributed by atoms with E-state index in [4.69, 9.17) is 33.2 Å². The Balaban J connectivity index is 0.837. The number of ether oxygens (including phenoxy) is 7. The third-order valence-corrected chi connectivity index (χ3v) is 16.0. The summed E-state index contributed by atoms with van der Waals surface area (Å²) in [6.07, 6.45) is -1.51. The van der Waals surface area contributed by atoms with Crippen LogP contribution in [0.5, 0.6) is 0 Å². The summed E-state index contributed by atoms with van der Waals surface area (Å²) in [5.41, 5.74) is -0.892. The van der Waals surface area contributed by atoms with Crippen LogP contribution in [-0.4, -0.2) is 135 Å². The van der Waals surface area contributed by atoms with Crippen molar-refractivity contribution in [2.75, 3.05) is 6.61 Å². The summed E-state index contributed by atoms with van der Waals surface area (Å²) in [5.74, 6) is 0.204. The van der Waals surface area contributed by atoms with Crippen molar-refractivity contribution >= 4 is 5.97 Å². The van der Waals surface area contributed by atoms with Gasteiger partial charge in [0.25, 0.3) is 0 Å². The summed E-state index contributed by atoms with van der Waals surface area (Å²) < 4.78 is 42.1. The molecule has 4 heterocycles. The van der Waals surface area contributed by atoms with Crippen LogP contribution in [0, 0.1) is 34.5 Å². The molecule has 8 rings (SSSR count). The second kappa shape index (κ2) is 15.1. The first-order valence-electron chi connectivity index (χ1n) is 20.9. The lowest BCUT2D eigenvalue weighted by Gasteiger charge is -2.65. The number of fused-ring (bicyclic) bond motifs is 5. The van der Waals surface area contributed by atoms with Crippen molar-refractivity contribution in [3.05, 3.63) is 11.6 Å². The van der Waals surface area contributed by atoms with Gasteiger partial charge in [-0.2, -0.15) is 0 Å². The van der Waals surface area contributed by atoms with Crippen molar-refractivity contribution in [1.82, 2.24) is 0 Å². The zero-order chi connectivity index (χ0) is 39.2. The van der Waals surface area contributed by atoms with E-state index < -0.39 is 90.9 Å². The molecular weight excluding hydrogens is 716 g/mol. The first kappa shape index (κ1) is 40.5. The third kappa shape index (κ3) is 6.95. The summed E-state index contributed by atoms with van der Waals surface area (Å²) in [6, 6.07) is 0. The average Bonchev–Trinajstić information content (AvgIpc) is 3.67. The zero-order valence-corrected chi connectivity index (χ0v) is 32.9. The molecule has 0 radical (unpaired) electrons. The Morgan fingerprint density at radius 1 is 0.691 bits per heavy atom. The Hall–Kier alpha value is -1.27. The van der Waals surface area contributed by atoms with E-state index in [1.165, 1.54) is 0 Å². The molecule has 0 spiro atoms. The van der Waals surface area contributed by atoms with Crippen LogP contribution in [-0.2, 0) is 38.0 Å². The third-order valence-electron chi connectivity index (χ3n) is 16.0. The van der Waals surface area contributed by atoms with E-state index in [0.29, 0.717) is 18.8 Å². The van der Waals surface area contributed by atoms with Gasteiger partial charge >= 0.3 is 5.97 Å². The molecule has 21 atom stereocenters. The van der Waals surface area contributed by atoms with E-state index in [9.17, 15) is 35.4 Å². The first-order valence-corrected chi connectivity index (χ1v) is 20.9. The van der Waals surface area contributed by atoms with Gasteiger partial charge in [0.1, 0.15) is 24.9 Å². The smallest absolute Gasteiger partial charge is 0.331 e. The van der Waals surface area contributed by atoms with Crippen molar-refractivity contribution in [3.8, 4) is 0 Å². The maximum atomic E-state index is 12.6. The molecule has 14 heteroatoms. The minimum absolute atomic E-state index is 0.0452. The van der Waals surface area contributed by atoms with Gasteiger partial charge in [0.15, 0.2) is 18.9 Å². The lowest BCUT2D eigenvalue weighted by Crippen LogP contribution is -2.67. The number of cyclic esters (lactones) is 1. The lowest BCUT2D eigenvalue weighted by atomic mass is 9.42. The van der Waals surface area contributed by atoms with Crippen LogP contribution in [0.2, 0.25) is 0 Å². The maximum Gasteiger partial charge on any atom is 0.331 e. The molecule has 7 fully saturated rings. The van der Waals surface area contributed by atoms with Crippen LogP contribution < -0.4 is 0 Å². The zero-order valence-electron chi connectivity index (χ0n) is 32.9. The van der Waals surface area contributed by atoms with Gasteiger partial charge in [-0.3, -0.25) is 0 Å². The van der Waals surface area contributed by atoms with Crippen molar-refractivity contribution < 1.29 is 68.6 Å². The normalized spacial score (nSPS) is 55.5. The van der Waals surface area contributed by atoms with Crippen LogP contribution in [0.3, 0.4) is 0 Å². The Bertz CT molecular complexity index is 1410. The fourth-order valence-electron chi connectivity index (χ4n) is 12.8. The molecule has 8 aliphatic rings. The van der Waals surface area contributed by atoms with Gasteiger partial charge in [0.05, 0.1) is 54.4 Å². The second-order valence-electron chi connectivity index (χ2n) is 18.8. The monoisotopic (exact) mass is 780 g/mol. The second-order valence-corrected chi connectivity index (χ2v) is 18.8. The summed E-state index contributed by atoms with van der Waals surface area (Å²) in [7, 11) is 0. The minimum Gasteiger partial charge on any atom is -0.458 e. The van der Waals surface area contributed by atoms with E-state index in [-0.39, 0.29) is 61.1 Å². The SMILES string of the molecule is C[C@@H]1O[C@H](O[C@@H]2[C@H](O)C[C@H](O[C@@H]3[C@H](O)C[C@H](O[C@@H]4CC[C@@]5(C)[C@H](CC[C@H]6[C@H]5C[C@H](O)[C@]5(C)[C@H](C7=CC(=O)OC7)CC[C@]65O)C4)O[C@@H]3C)O[C@@H]2C)C[C@@H](O)[C@H]1O. The van der Waals surface area contributed by atoms with E-state index >= 15 is 0 Å². The number of aliphatic hydroxyl groups is 6. The maximum absolute atomic E-state index is 12.6. The first-order chi connectivity index (χ1) is 26.0. The Morgan fingerprint density at radius 3 is 1.87 bits per heavy atom. The van der Waals surface area contributed by atoms with E-state index in [2.05, 4.69) is 6.92 Å². The number of esters is 1. The number of hydrogen-bond acceptors (Lipinski definition) is 14. The van der Waals surface area contributed by atoms with Crippen molar-refractivity contribution in [1.29, 1.82) is 0 Å². The van der Waals surface area contributed by atoms with Crippen LogP contribution in [0.15, 0.2) is 11.6 Å². The predicted molar refractivity (Wildman–Crippen MR) is 193 cm³/mol. The number of aliphatic hydroxyl groups excluding tert-OH is 5. The van der Waals surface area contributed by atoms with Gasteiger partial charge in [-0.25, -0.2) is 4.79 Å². The highest BCUT2D eigenvalue weighted by atomic mass is 16.7. The molecule has 0 bridgehead atoms. The average molecular weight is 781 g/mol. The fourth-order valence-corrected chi connectivity index (χ4v) is 12.8. The number of carbonyl (C=O) groups is 1. The summed E-state index contributed by atoms with van der Waals surface area (Å²) in [5, 5.41) is 66.9. The van der Waals surface area contributed by atoms with Crippen molar-refractivity contribution in [2.24, 2.45) is 34.5 Å². The van der Waals surface area contributed by atoms with Gasteiger partial charge in [-0.15, -0.1) is 0 Å². The molecule has 0 aromatic heterocycles. The highest BCUT2D eigenvalue weighted by molar-refractivity contribution is 5.85. The molecular formula is C41H64O14. The number of carbonyl (C=O) groups excluding carboxylic acids is 1. The predicted octanol–water partition coefficient (Wildman–Crippen LogP) is 2.22. The molecule has 4 aliphatic carbocycles. The van der Waals surface area contributed by atoms with Crippen LogP contribution in [0.4, 0.5) is 0 Å². The topological polar surface area (TPSA) is 203 Å². The van der Waals surface area contributed by atoms with Gasteiger partial charge < -0.3 is 63.8 Å². The standard InChI is InChI=1S/C41H64O14/c1-19-36(47)28(42)15-34(50-19)54-38-21(3)52-35(17-30(38)44)55-37-20(2)51-33(16-29(37)43)53-24-8-10-39(4)23(13-24)6-7-26-27(39)14-31(45)40(5)25(9-11-41(26,40)48)22-12-32(46)49-18-22/h12,19-21,23-31,33-38,42-45,47-48H,6-11,13-18H2,1-5H3/t19-,20+,21+,23+,24+,25-,26-,27+,28+,29+,30+,31-,33-,34+,35-,36-,37-,38-,39-,40-,41-/m0/s1. The molecule has 0 unspecified atom stereocenters. The summed E-state index contributed by atoms with van der Waals surface area (Å²) in [6.45, 7) is 9.90. The largest absolute Gasteiger partial charge is 0.458 e. The molecule has 0 amide bonds. The van der Waals surface area contributed by atoms with Crippen molar-refractivity contribution in [3.63, 3.8) is 0 Å². The molecule has 3 saturated heterocycles. The molecule has 4 saturated carbocycles. The number of hydrogen-bond donors (Lipinski definition) is 6. The van der Waals surface area contributed by atoms with Gasteiger partial charge in [0, 0.05) is 30.8 Å². The molecule has 0 aromatic rings. The molecule has 0 aromatic carbocycles. The molecule has 55 heavy (non-hydrogen) atoms. The van der Waals surface area contributed by atoms with Crippen molar-refractivity contribution in [2.45, 2.75) is 197 Å². The Labute approximate surface area is 323 Å². The molecule has 312 valence electrons. The Morgan fingerprint density at radius 2 is 1.29 bits per heavy atom. The van der Waals surface area contributed by atoms with E-state index in [0.717, 1.165) is 44.1 Å². The molecule has 14 nitrogen and oxygen atoms in total. The molecule has 6 N–H and O–H groups in total. The van der Waals surface area contributed by atoms with E-state index in [1.54, 1.807) is 19.9 Å². The fraction of sp³-hybridized carbons (Fsp3) is 0.927. The number of rotatable bonds is 7. The minimum atomic E-state index is -1.01. The van der Waals surface area contributed by atoms with E-state index in [1.807, 2.05) is 13.8 Å². The highest BCUT2D eigenvalue weighted by Crippen LogP contribution is 2.70. The quantitative estimate of drug-likeness (QED) is 0.162.